The molecule has 0 unspecified atom stereocenters. The van der Waals surface area contributed by atoms with Crippen molar-refractivity contribution in [3.63, 3.8) is 0 Å². The Bertz CT molecular complexity index is 563. The number of nitrogens with zero attached hydrogens (tertiary/aromatic N) is 1. The summed E-state index contributed by atoms with van der Waals surface area (Å²) in [5.74, 6) is -1.20. The fourth-order valence-corrected chi connectivity index (χ4v) is 2.33. The van der Waals surface area contributed by atoms with Gasteiger partial charge in [0.25, 0.3) is 0 Å². The molecule has 21 heavy (non-hydrogen) atoms. The summed E-state index contributed by atoms with van der Waals surface area (Å²) < 4.78 is 39.6. The molecule has 1 aromatic rings. The molecular weight excluding hydrogens is 283 g/mol. The Morgan fingerprint density at radius 3 is 2.52 bits per heavy atom. The number of carbonyl (C=O) groups is 1. The minimum atomic E-state index is -4.47. The zero-order chi connectivity index (χ0) is 15.6. The smallest absolute Gasteiger partial charge is 0.418 e. The van der Waals surface area contributed by atoms with Crippen LogP contribution in [0.5, 0.6) is 0 Å². The third-order valence-corrected chi connectivity index (χ3v) is 3.75. The molecule has 3 nitrogen and oxygen atoms in total. The highest BCUT2D eigenvalue weighted by atomic mass is 19.4. The Balaban J connectivity index is 2.38. The van der Waals surface area contributed by atoms with Crippen LogP contribution in [0.2, 0.25) is 0 Å². The van der Waals surface area contributed by atoms with Crippen LogP contribution in [0.3, 0.4) is 0 Å². The topological polar surface area (TPSA) is 40.5 Å². The van der Waals surface area contributed by atoms with Crippen LogP contribution in [0.15, 0.2) is 24.3 Å². The molecule has 2 rings (SSSR count). The second-order valence-corrected chi connectivity index (χ2v) is 5.14. The molecular formula is C15H16F3NO2. The molecule has 0 spiro atoms. The van der Waals surface area contributed by atoms with Crippen molar-refractivity contribution >= 4 is 17.7 Å². The zero-order valence-corrected chi connectivity index (χ0v) is 11.5. The molecule has 1 N–H and O–H groups in total. The number of hydrogen-bond acceptors (Lipinski definition) is 2. The summed E-state index contributed by atoms with van der Waals surface area (Å²) in [6, 6.07) is 4.04. The van der Waals surface area contributed by atoms with Crippen LogP contribution in [0.25, 0.3) is 6.08 Å². The molecule has 1 aliphatic carbocycles. The van der Waals surface area contributed by atoms with Crippen molar-refractivity contribution in [3.8, 4) is 0 Å². The maximum absolute atomic E-state index is 13.2. The van der Waals surface area contributed by atoms with Crippen LogP contribution < -0.4 is 4.90 Å². The van der Waals surface area contributed by atoms with Gasteiger partial charge in [-0.2, -0.15) is 13.2 Å². The van der Waals surface area contributed by atoms with Gasteiger partial charge in [-0.05, 0) is 43.0 Å². The van der Waals surface area contributed by atoms with Crippen LogP contribution in [-0.4, -0.2) is 24.2 Å². The summed E-state index contributed by atoms with van der Waals surface area (Å²) in [5.41, 5.74) is -0.375. The lowest BCUT2D eigenvalue weighted by Crippen LogP contribution is -2.38. The Morgan fingerprint density at radius 2 is 2.05 bits per heavy atom. The average Bonchev–Trinajstić information content (AvgIpc) is 2.32. The Kier molecular flexibility index (Phi) is 4.25. The Hall–Kier alpha value is -1.98. The Morgan fingerprint density at radius 1 is 1.38 bits per heavy atom. The maximum Gasteiger partial charge on any atom is 0.418 e. The minimum Gasteiger partial charge on any atom is -0.478 e. The molecule has 0 aromatic heterocycles. The van der Waals surface area contributed by atoms with Crippen LogP contribution >= 0.6 is 0 Å². The molecule has 0 atom stereocenters. The van der Waals surface area contributed by atoms with Crippen molar-refractivity contribution in [3.05, 3.63) is 35.4 Å². The monoisotopic (exact) mass is 299 g/mol. The predicted octanol–water partition coefficient (Wildman–Crippen LogP) is 3.79. The number of hydrogen-bond donors (Lipinski definition) is 1. The van der Waals surface area contributed by atoms with Gasteiger partial charge in [0.15, 0.2) is 0 Å². The van der Waals surface area contributed by atoms with Crippen molar-refractivity contribution < 1.29 is 23.1 Å². The highest BCUT2D eigenvalue weighted by molar-refractivity contribution is 5.85. The van der Waals surface area contributed by atoms with Crippen molar-refractivity contribution in [2.24, 2.45) is 0 Å². The van der Waals surface area contributed by atoms with Crippen molar-refractivity contribution in [1.82, 2.24) is 0 Å². The highest BCUT2D eigenvalue weighted by Crippen LogP contribution is 2.39. The van der Waals surface area contributed by atoms with E-state index in [1.165, 1.54) is 12.1 Å². The quantitative estimate of drug-likeness (QED) is 0.860. The van der Waals surface area contributed by atoms with Crippen LogP contribution in [0.4, 0.5) is 18.9 Å². The molecule has 1 aliphatic rings. The van der Waals surface area contributed by atoms with Gasteiger partial charge < -0.3 is 10.0 Å². The van der Waals surface area contributed by atoms with Gasteiger partial charge in [0, 0.05) is 24.9 Å². The summed E-state index contributed by atoms with van der Waals surface area (Å²) in [6.45, 7) is 0. The molecule has 0 amide bonds. The second kappa shape index (κ2) is 5.79. The van der Waals surface area contributed by atoms with E-state index in [9.17, 15) is 18.0 Å². The lowest BCUT2D eigenvalue weighted by atomic mass is 9.91. The normalized spacial score (nSPS) is 16.0. The predicted molar refractivity (Wildman–Crippen MR) is 74.2 cm³/mol. The summed E-state index contributed by atoms with van der Waals surface area (Å²) in [5, 5.41) is 8.54. The summed E-state index contributed by atoms with van der Waals surface area (Å²) >= 11 is 0. The van der Waals surface area contributed by atoms with Gasteiger partial charge >= 0.3 is 12.1 Å². The van der Waals surface area contributed by atoms with E-state index >= 15 is 0 Å². The van der Waals surface area contributed by atoms with Gasteiger partial charge in [-0.1, -0.05) is 6.07 Å². The fourth-order valence-electron chi connectivity index (χ4n) is 2.33. The number of halogens is 3. The first-order valence-corrected chi connectivity index (χ1v) is 6.64. The van der Waals surface area contributed by atoms with E-state index in [1.54, 1.807) is 11.9 Å². The number of carboxylic acid groups (broad SMARTS) is 1. The van der Waals surface area contributed by atoms with E-state index < -0.39 is 17.7 Å². The molecule has 1 saturated carbocycles. The largest absolute Gasteiger partial charge is 0.478 e. The van der Waals surface area contributed by atoms with Gasteiger partial charge in [0.05, 0.1) is 5.56 Å². The van der Waals surface area contributed by atoms with Crippen molar-refractivity contribution in [1.29, 1.82) is 0 Å². The zero-order valence-electron chi connectivity index (χ0n) is 11.5. The second-order valence-electron chi connectivity index (χ2n) is 5.14. The summed E-state index contributed by atoms with van der Waals surface area (Å²) in [7, 11) is 1.67. The number of alkyl halides is 3. The standard InChI is InChI=1S/C15H16F3NO2/c1-19(11-3-2-4-11)13-7-5-10(6-8-14(20)21)9-12(13)15(16,17)18/h5-9,11H,2-4H2,1H3,(H,20,21)/b8-6+. The first-order chi connectivity index (χ1) is 9.79. The summed E-state index contributed by atoms with van der Waals surface area (Å²) in [4.78, 5) is 12.1. The molecule has 114 valence electrons. The molecule has 0 aliphatic heterocycles. The first-order valence-electron chi connectivity index (χ1n) is 6.64. The minimum absolute atomic E-state index is 0.139. The van der Waals surface area contributed by atoms with E-state index in [0.29, 0.717) is 0 Å². The number of aliphatic carboxylic acids is 1. The number of rotatable bonds is 4. The van der Waals surface area contributed by atoms with Crippen LogP contribution in [-0.2, 0) is 11.0 Å². The molecule has 0 saturated heterocycles. The molecule has 1 fully saturated rings. The molecule has 0 bridgehead atoms. The lowest BCUT2D eigenvalue weighted by Gasteiger charge is -2.37. The van der Waals surface area contributed by atoms with E-state index in [4.69, 9.17) is 5.11 Å². The lowest BCUT2D eigenvalue weighted by molar-refractivity contribution is -0.137. The van der Waals surface area contributed by atoms with E-state index in [2.05, 4.69) is 0 Å². The maximum atomic E-state index is 13.2. The van der Waals surface area contributed by atoms with Crippen LogP contribution in [0.1, 0.15) is 30.4 Å². The fraction of sp³-hybridized carbons (Fsp3) is 0.400. The third-order valence-electron chi connectivity index (χ3n) is 3.75. The number of benzene rings is 1. The Labute approximate surface area is 120 Å². The van der Waals surface area contributed by atoms with Gasteiger partial charge in [-0.25, -0.2) is 4.79 Å². The van der Waals surface area contributed by atoms with Gasteiger partial charge in [0.2, 0.25) is 0 Å². The SMILES string of the molecule is CN(c1ccc(/C=C/C(=O)O)cc1C(F)(F)F)C1CCC1. The van der Waals surface area contributed by atoms with Gasteiger partial charge in [0.1, 0.15) is 0 Å². The molecule has 1 aromatic carbocycles. The van der Waals surface area contributed by atoms with E-state index in [0.717, 1.165) is 37.5 Å². The van der Waals surface area contributed by atoms with Crippen molar-refractivity contribution in [2.75, 3.05) is 11.9 Å². The number of anilines is 1. The summed E-state index contributed by atoms with van der Waals surface area (Å²) in [6.07, 6.45) is 0.342. The van der Waals surface area contributed by atoms with Gasteiger partial charge in [-0.3, -0.25) is 0 Å². The van der Waals surface area contributed by atoms with Crippen LogP contribution in [0, 0.1) is 0 Å². The average molecular weight is 299 g/mol. The van der Waals surface area contributed by atoms with E-state index in [-0.39, 0.29) is 17.3 Å². The molecule has 6 heteroatoms. The van der Waals surface area contributed by atoms with E-state index in [1.807, 2.05) is 0 Å². The third kappa shape index (κ3) is 3.56. The molecule has 0 heterocycles. The van der Waals surface area contributed by atoms with Gasteiger partial charge in [-0.15, -0.1) is 0 Å². The number of carboxylic acids is 1. The first kappa shape index (κ1) is 15.4. The molecule has 0 radical (unpaired) electrons. The highest BCUT2D eigenvalue weighted by Gasteiger charge is 2.36. The van der Waals surface area contributed by atoms with Crippen molar-refractivity contribution in [2.45, 2.75) is 31.5 Å².